The van der Waals surface area contributed by atoms with Gasteiger partial charge in [0, 0.05) is 18.5 Å². The molecule has 25 heavy (non-hydrogen) atoms. The summed E-state index contributed by atoms with van der Waals surface area (Å²) in [6.07, 6.45) is 2.57. The first-order valence-corrected chi connectivity index (χ1v) is 9.85. The number of amides is 1. The molecular weight excluding hydrogens is 421 g/mol. The fraction of sp³-hybridized carbons (Fsp3) is 0.500. The predicted molar refractivity (Wildman–Crippen MR) is 112 cm³/mol. The van der Waals surface area contributed by atoms with Crippen molar-refractivity contribution in [2.45, 2.75) is 19.3 Å². The largest absolute Gasteiger partial charge is 0.342 e. The van der Waals surface area contributed by atoms with Gasteiger partial charge in [0.2, 0.25) is 5.91 Å². The summed E-state index contributed by atoms with van der Waals surface area (Å²) in [4.78, 5) is 20.1. The van der Waals surface area contributed by atoms with Crippen LogP contribution in [0.3, 0.4) is 0 Å². The number of halogens is 3. The maximum Gasteiger partial charge on any atom is 0.228 e. The molecule has 1 aliphatic rings. The predicted octanol–water partition coefficient (Wildman–Crippen LogP) is 4.37. The highest BCUT2D eigenvalue weighted by Gasteiger charge is 2.23. The zero-order chi connectivity index (χ0) is 16.2. The van der Waals surface area contributed by atoms with Crippen molar-refractivity contribution in [3.63, 3.8) is 0 Å². The van der Waals surface area contributed by atoms with Gasteiger partial charge < -0.3 is 10.2 Å². The van der Waals surface area contributed by atoms with Crippen LogP contribution in [0.4, 0.5) is 0 Å². The monoisotopic (exact) mass is 441 g/mol. The van der Waals surface area contributed by atoms with Crippen LogP contribution < -0.4 is 5.32 Å². The quantitative estimate of drug-likeness (QED) is 0.748. The molecule has 0 unspecified atom stereocenters. The second-order valence-corrected chi connectivity index (χ2v) is 8.38. The normalized spacial score (nSPS) is 14.7. The van der Waals surface area contributed by atoms with E-state index < -0.39 is 0 Å². The number of nitrogens with one attached hydrogen (secondary N) is 1. The molecule has 0 saturated carbocycles. The lowest BCUT2D eigenvalue weighted by Gasteiger charge is -2.31. The van der Waals surface area contributed by atoms with Crippen LogP contribution >= 0.6 is 59.1 Å². The highest BCUT2D eigenvalue weighted by molar-refractivity contribution is 7.23. The fourth-order valence-electron chi connectivity index (χ4n) is 2.87. The first-order chi connectivity index (χ1) is 11.2. The van der Waals surface area contributed by atoms with E-state index in [2.05, 4.69) is 10.3 Å². The Morgan fingerprint density at radius 2 is 2.08 bits per heavy atom. The van der Waals surface area contributed by atoms with E-state index >= 15 is 0 Å². The van der Waals surface area contributed by atoms with Crippen molar-refractivity contribution in [2.75, 3.05) is 26.7 Å². The smallest absolute Gasteiger partial charge is 0.228 e. The van der Waals surface area contributed by atoms with Gasteiger partial charge in [-0.2, -0.15) is 0 Å². The maximum atomic E-state index is 12.4. The zero-order valence-electron chi connectivity index (χ0n) is 13.9. The van der Waals surface area contributed by atoms with Gasteiger partial charge in [0.15, 0.2) is 0 Å². The molecule has 2 aromatic heterocycles. The number of aromatic nitrogens is 1. The SMILES string of the molecule is CNCC1CCN(C(=O)Cc2csc(-c3ccc(Cl)s3)n2)CC1.Cl.Cl. The molecule has 0 bridgehead atoms. The Morgan fingerprint density at radius 3 is 2.68 bits per heavy atom. The third-order valence-electron chi connectivity index (χ3n) is 4.13. The van der Waals surface area contributed by atoms with E-state index in [1.807, 2.05) is 29.5 Å². The molecule has 3 heterocycles. The molecule has 3 rings (SSSR count). The van der Waals surface area contributed by atoms with Gasteiger partial charge in [0.05, 0.1) is 21.3 Å². The van der Waals surface area contributed by atoms with E-state index in [1.165, 1.54) is 11.3 Å². The summed E-state index contributed by atoms with van der Waals surface area (Å²) in [7, 11) is 1.98. The highest BCUT2D eigenvalue weighted by atomic mass is 35.5. The fourth-order valence-corrected chi connectivity index (χ4v) is 4.81. The third kappa shape index (κ3) is 6.08. The second kappa shape index (κ2) is 10.7. The number of likely N-dealkylation sites (tertiary alicyclic amines) is 1. The van der Waals surface area contributed by atoms with Crippen molar-refractivity contribution in [3.8, 4) is 9.88 Å². The molecular formula is C16H22Cl3N3OS2. The Morgan fingerprint density at radius 1 is 1.36 bits per heavy atom. The van der Waals surface area contributed by atoms with Crippen molar-refractivity contribution in [2.24, 2.45) is 5.92 Å². The lowest BCUT2D eigenvalue weighted by atomic mass is 9.96. The molecule has 1 aliphatic heterocycles. The molecule has 2 aromatic rings. The van der Waals surface area contributed by atoms with E-state index in [0.29, 0.717) is 12.3 Å². The lowest BCUT2D eigenvalue weighted by Crippen LogP contribution is -2.41. The Labute approximate surface area is 173 Å². The van der Waals surface area contributed by atoms with Crippen molar-refractivity contribution in [1.82, 2.24) is 15.2 Å². The molecule has 4 nitrogen and oxygen atoms in total. The molecule has 1 amide bonds. The molecule has 140 valence electrons. The van der Waals surface area contributed by atoms with E-state index in [4.69, 9.17) is 11.6 Å². The van der Waals surface area contributed by atoms with Crippen LogP contribution in [0.15, 0.2) is 17.5 Å². The number of thiazole rings is 1. The summed E-state index contributed by atoms with van der Waals surface area (Å²) in [5.74, 6) is 0.882. The standard InChI is InChI=1S/C16H20ClN3OS2.2ClH/c1-18-9-11-4-6-20(7-5-11)15(21)8-12-10-22-16(19-12)13-2-3-14(17)23-13;;/h2-3,10-11,18H,4-9H2,1H3;2*1H. The van der Waals surface area contributed by atoms with E-state index in [0.717, 1.165) is 52.4 Å². The van der Waals surface area contributed by atoms with Crippen molar-refractivity contribution < 1.29 is 4.79 Å². The lowest BCUT2D eigenvalue weighted by molar-refractivity contribution is -0.131. The van der Waals surface area contributed by atoms with Crippen LogP contribution in [0, 0.1) is 5.92 Å². The van der Waals surface area contributed by atoms with Crippen LogP contribution in [0.5, 0.6) is 0 Å². The zero-order valence-corrected chi connectivity index (χ0v) is 17.9. The highest BCUT2D eigenvalue weighted by Crippen LogP contribution is 2.33. The van der Waals surface area contributed by atoms with Gasteiger partial charge >= 0.3 is 0 Å². The van der Waals surface area contributed by atoms with Crippen molar-refractivity contribution >= 4 is 65.0 Å². The van der Waals surface area contributed by atoms with Gasteiger partial charge in [-0.15, -0.1) is 47.5 Å². The van der Waals surface area contributed by atoms with Crippen LogP contribution in [0.2, 0.25) is 4.34 Å². The van der Waals surface area contributed by atoms with E-state index in [9.17, 15) is 4.79 Å². The van der Waals surface area contributed by atoms with Gasteiger partial charge in [-0.3, -0.25) is 4.79 Å². The number of carbonyl (C=O) groups excluding carboxylic acids is 1. The molecule has 0 radical (unpaired) electrons. The minimum Gasteiger partial charge on any atom is -0.342 e. The summed E-state index contributed by atoms with van der Waals surface area (Å²) in [6, 6.07) is 3.85. The van der Waals surface area contributed by atoms with Gasteiger partial charge in [0.25, 0.3) is 0 Å². The first kappa shape index (κ1) is 22.7. The molecule has 0 atom stereocenters. The van der Waals surface area contributed by atoms with Gasteiger partial charge in [-0.1, -0.05) is 11.6 Å². The number of carbonyl (C=O) groups is 1. The summed E-state index contributed by atoms with van der Waals surface area (Å²) >= 11 is 9.06. The average molecular weight is 443 g/mol. The number of hydrogen-bond acceptors (Lipinski definition) is 5. The van der Waals surface area contributed by atoms with Crippen LogP contribution in [-0.2, 0) is 11.2 Å². The van der Waals surface area contributed by atoms with Crippen LogP contribution in [0.1, 0.15) is 18.5 Å². The minimum atomic E-state index is 0. The number of hydrogen-bond donors (Lipinski definition) is 1. The van der Waals surface area contributed by atoms with Gasteiger partial charge in [-0.05, 0) is 44.5 Å². The second-order valence-electron chi connectivity index (χ2n) is 5.81. The molecule has 1 fully saturated rings. The third-order valence-corrected chi connectivity index (χ3v) is 6.42. The van der Waals surface area contributed by atoms with Gasteiger partial charge in [-0.25, -0.2) is 4.98 Å². The Bertz CT molecular complexity index is 669. The topological polar surface area (TPSA) is 45.2 Å². The summed E-state index contributed by atoms with van der Waals surface area (Å²) in [6.45, 7) is 2.77. The Balaban J connectivity index is 0.00000156. The molecule has 9 heteroatoms. The molecule has 1 saturated heterocycles. The molecule has 0 aromatic carbocycles. The Hall–Kier alpha value is -0.370. The number of thiophene rings is 1. The molecule has 0 aliphatic carbocycles. The first-order valence-electron chi connectivity index (χ1n) is 7.78. The maximum absolute atomic E-state index is 12.4. The van der Waals surface area contributed by atoms with Crippen molar-refractivity contribution in [1.29, 1.82) is 0 Å². The van der Waals surface area contributed by atoms with Crippen molar-refractivity contribution in [3.05, 3.63) is 27.5 Å². The summed E-state index contributed by atoms with van der Waals surface area (Å²) < 4.78 is 0.761. The summed E-state index contributed by atoms with van der Waals surface area (Å²) in [5, 5.41) is 6.14. The van der Waals surface area contributed by atoms with E-state index in [-0.39, 0.29) is 30.7 Å². The number of rotatable bonds is 5. The van der Waals surface area contributed by atoms with Gasteiger partial charge in [0.1, 0.15) is 5.01 Å². The average Bonchev–Trinajstić information content (AvgIpc) is 3.17. The van der Waals surface area contributed by atoms with Crippen LogP contribution in [0.25, 0.3) is 9.88 Å². The molecule has 1 N–H and O–H groups in total. The Kier molecular flexibility index (Phi) is 9.70. The number of nitrogens with zero attached hydrogens (tertiary/aromatic N) is 2. The summed E-state index contributed by atoms with van der Waals surface area (Å²) in [5.41, 5.74) is 0.858. The minimum absolute atomic E-state index is 0. The molecule has 0 spiro atoms. The number of piperidine rings is 1. The van der Waals surface area contributed by atoms with Crippen LogP contribution in [-0.4, -0.2) is 42.5 Å². The van der Waals surface area contributed by atoms with E-state index in [1.54, 1.807) is 11.3 Å².